The van der Waals surface area contributed by atoms with Crippen LogP contribution >= 0.6 is 11.6 Å². The number of rotatable bonds is 8. The van der Waals surface area contributed by atoms with E-state index in [1.54, 1.807) is 19.2 Å². The van der Waals surface area contributed by atoms with Crippen molar-refractivity contribution in [1.29, 1.82) is 0 Å². The molecule has 2 N–H and O–H groups in total. The van der Waals surface area contributed by atoms with Gasteiger partial charge in [-0.05, 0) is 6.92 Å². The summed E-state index contributed by atoms with van der Waals surface area (Å²) in [4.78, 5) is 11.8. The molecule has 6 nitrogen and oxygen atoms in total. The van der Waals surface area contributed by atoms with E-state index in [2.05, 4.69) is 10.6 Å². The average molecular weight is 317 g/mol. The first kappa shape index (κ1) is 17.4. The molecule has 1 amide bonds. The van der Waals surface area contributed by atoms with E-state index in [0.717, 1.165) is 0 Å². The summed E-state index contributed by atoms with van der Waals surface area (Å²) < 4.78 is 15.3. The molecule has 1 aromatic rings. The summed E-state index contributed by atoms with van der Waals surface area (Å²) in [5, 5.41) is 6.24. The van der Waals surface area contributed by atoms with Crippen LogP contribution in [0.15, 0.2) is 12.1 Å². The lowest BCUT2D eigenvalue weighted by atomic mass is 10.2. The van der Waals surface area contributed by atoms with Crippen LogP contribution in [0.25, 0.3) is 0 Å². The van der Waals surface area contributed by atoms with Crippen LogP contribution in [0.4, 0.5) is 5.69 Å². The molecule has 0 saturated heterocycles. The van der Waals surface area contributed by atoms with Crippen molar-refractivity contribution in [3.8, 4) is 11.5 Å². The molecule has 0 aliphatic carbocycles. The number of benzene rings is 1. The molecule has 21 heavy (non-hydrogen) atoms. The summed E-state index contributed by atoms with van der Waals surface area (Å²) >= 11 is 6.02. The largest absolute Gasteiger partial charge is 0.495 e. The second kappa shape index (κ2) is 8.59. The van der Waals surface area contributed by atoms with Gasteiger partial charge >= 0.3 is 0 Å². The predicted octanol–water partition coefficient (Wildman–Crippen LogP) is 1.92. The quantitative estimate of drug-likeness (QED) is 0.767. The average Bonchev–Trinajstić information content (AvgIpc) is 2.45. The Morgan fingerprint density at radius 2 is 1.90 bits per heavy atom. The number of carbonyl (C=O) groups excluding carboxylic acids is 1. The molecule has 0 bridgehead atoms. The molecule has 0 aromatic heterocycles. The fourth-order valence-corrected chi connectivity index (χ4v) is 2.02. The minimum atomic E-state index is -0.143. The molecule has 0 aliphatic rings. The SMILES string of the molecule is COCC(C)NC(=O)CNc1cc(OC)c(Cl)cc1OC. The molecule has 0 spiro atoms. The Balaban J connectivity index is 2.68. The van der Waals surface area contributed by atoms with Gasteiger partial charge in [0.2, 0.25) is 5.91 Å². The summed E-state index contributed by atoms with van der Waals surface area (Å²) in [6, 6.07) is 3.27. The van der Waals surface area contributed by atoms with E-state index >= 15 is 0 Å². The molecule has 1 aromatic carbocycles. The molecule has 1 rings (SSSR count). The van der Waals surface area contributed by atoms with Crippen LogP contribution < -0.4 is 20.1 Å². The van der Waals surface area contributed by atoms with Crippen LogP contribution in [-0.2, 0) is 9.53 Å². The Hall–Kier alpha value is -1.66. The van der Waals surface area contributed by atoms with Gasteiger partial charge in [0, 0.05) is 25.3 Å². The van der Waals surface area contributed by atoms with Crippen molar-refractivity contribution in [1.82, 2.24) is 5.32 Å². The zero-order chi connectivity index (χ0) is 15.8. The Morgan fingerprint density at radius 3 is 2.48 bits per heavy atom. The molecule has 1 unspecified atom stereocenters. The number of hydrogen-bond acceptors (Lipinski definition) is 5. The van der Waals surface area contributed by atoms with Gasteiger partial charge in [-0.1, -0.05) is 11.6 Å². The van der Waals surface area contributed by atoms with Gasteiger partial charge in [0.05, 0.1) is 38.1 Å². The first-order valence-electron chi connectivity index (χ1n) is 6.45. The summed E-state index contributed by atoms with van der Waals surface area (Å²) in [6.45, 7) is 2.44. The van der Waals surface area contributed by atoms with Crippen LogP contribution in [0.3, 0.4) is 0 Å². The Labute approximate surface area is 129 Å². The highest BCUT2D eigenvalue weighted by molar-refractivity contribution is 6.32. The van der Waals surface area contributed by atoms with Crippen LogP contribution in [0.1, 0.15) is 6.92 Å². The second-order valence-corrected chi connectivity index (χ2v) is 4.87. The van der Waals surface area contributed by atoms with Crippen LogP contribution in [0, 0.1) is 0 Å². The number of halogens is 1. The van der Waals surface area contributed by atoms with Crippen LogP contribution in [0.2, 0.25) is 5.02 Å². The van der Waals surface area contributed by atoms with Crippen molar-refractivity contribution in [2.75, 3.05) is 39.8 Å². The monoisotopic (exact) mass is 316 g/mol. The van der Waals surface area contributed by atoms with E-state index in [9.17, 15) is 4.79 Å². The third-order valence-corrected chi connectivity index (χ3v) is 3.03. The Morgan fingerprint density at radius 1 is 1.24 bits per heavy atom. The number of amides is 1. The number of nitrogens with one attached hydrogen (secondary N) is 2. The number of anilines is 1. The number of hydrogen-bond donors (Lipinski definition) is 2. The van der Waals surface area contributed by atoms with Gasteiger partial charge in [0.1, 0.15) is 11.5 Å². The third kappa shape index (κ3) is 5.32. The standard InChI is InChI=1S/C14H21ClN2O4/c1-9(8-19-2)17-14(18)7-16-11-6-12(20-3)10(15)5-13(11)21-4/h5-6,9,16H,7-8H2,1-4H3,(H,17,18). The highest BCUT2D eigenvalue weighted by atomic mass is 35.5. The van der Waals surface area contributed by atoms with Gasteiger partial charge in [0.25, 0.3) is 0 Å². The molecule has 0 fully saturated rings. The Bertz CT molecular complexity index is 482. The lowest BCUT2D eigenvalue weighted by Crippen LogP contribution is -2.39. The van der Waals surface area contributed by atoms with Gasteiger partial charge in [0.15, 0.2) is 0 Å². The maximum Gasteiger partial charge on any atom is 0.239 e. The summed E-state index contributed by atoms with van der Waals surface area (Å²) in [6.07, 6.45) is 0. The van der Waals surface area contributed by atoms with E-state index < -0.39 is 0 Å². The molecule has 1 atom stereocenters. The fourth-order valence-electron chi connectivity index (χ4n) is 1.79. The predicted molar refractivity (Wildman–Crippen MR) is 82.5 cm³/mol. The molecule has 0 radical (unpaired) electrons. The minimum absolute atomic E-state index is 0.0500. The number of ether oxygens (including phenoxy) is 3. The fraction of sp³-hybridized carbons (Fsp3) is 0.500. The number of methoxy groups -OCH3 is 3. The molecule has 0 aliphatic heterocycles. The molecule has 7 heteroatoms. The van der Waals surface area contributed by atoms with Crippen molar-refractivity contribution < 1.29 is 19.0 Å². The van der Waals surface area contributed by atoms with Crippen molar-refractivity contribution >= 4 is 23.2 Å². The van der Waals surface area contributed by atoms with Crippen molar-refractivity contribution in [2.24, 2.45) is 0 Å². The van der Waals surface area contributed by atoms with Gasteiger partial charge in [-0.3, -0.25) is 4.79 Å². The first-order valence-corrected chi connectivity index (χ1v) is 6.83. The topological polar surface area (TPSA) is 68.8 Å². The van der Waals surface area contributed by atoms with Gasteiger partial charge in [-0.15, -0.1) is 0 Å². The van der Waals surface area contributed by atoms with E-state index in [0.29, 0.717) is 28.8 Å². The van der Waals surface area contributed by atoms with Gasteiger partial charge in [-0.2, -0.15) is 0 Å². The van der Waals surface area contributed by atoms with Crippen molar-refractivity contribution in [3.63, 3.8) is 0 Å². The second-order valence-electron chi connectivity index (χ2n) is 4.46. The van der Waals surface area contributed by atoms with Gasteiger partial charge < -0.3 is 24.8 Å². The normalized spacial score (nSPS) is 11.7. The number of carbonyl (C=O) groups is 1. The minimum Gasteiger partial charge on any atom is -0.495 e. The highest BCUT2D eigenvalue weighted by Crippen LogP contribution is 2.35. The third-order valence-electron chi connectivity index (χ3n) is 2.74. The zero-order valence-corrected chi connectivity index (χ0v) is 13.4. The van der Waals surface area contributed by atoms with Gasteiger partial charge in [-0.25, -0.2) is 0 Å². The van der Waals surface area contributed by atoms with Crippen LogP contribution in [0.5, 0.6) is 11.5 Å². The van der Waals surface area contributed by atoms with E-state index in [4.69, 9.17) is 25.8 Å². The van der Waals surface area contributed by atoms with Crippen molar-refractivity contribution in [3.05, 3.63) is 17.2 Å². The first-order chi connectivity index (χ1) is 10.0. The molecule has 0 saturated carbocycles. The van der Waals surface area contributed by atoms with E-state index in [-0.39, 0.29) is 18.5 Å². The van der Waals surface area contributed by atoms with Crippen LogP contribution in [-0.4, -0.2) is 46.4 Å². The van der Waals surface area contributed by atoms with E-state index in [1.165, 1.54) is 14.2 Å². The lowest BCUT2D eigenvalue weighted by Gasteiger charge is -2.16. The van der Waals surface area contributed by atoms with E-state index in [1.807, 2.05) is 6.92 Å². The summed E-state index contributed by atoms with van der Waals surface area (Å²) in [5.74, 6) is 0.905. The lowest BCUT2D eigenvalue weighted by molar-refractivity contribution is -0.120. The molecular formula is C14H21ClN2O4. The summed E-state index contributed by atoms with van der Waals surface area (Å²) in [5.41, 5.74) is 0.633. The maximum atomic E-state index is 11.8. The highest BCUT2D eigenvalue weighted by Gasteiger charge is 2.12. The zero-order valence-electron chi connectivity index (χ0n) is 12.7. The smallest absolute Gasteiger partial charge is 0.239 e. The molecular weight excluding hydrogens is 296 g/mol. The maximum absolute atomic E-state index is 11.8. The molecule has 0 heterocycles. The Kier molecular flexibility index (Phi) is 7.11. The van der Waals surface area contributed by atoms with Crippen molar-refractivity contribution in [2.45, 2.75) is 13.0 Å². The summed E-state index contributed by atoms with van der Waals surface area (Å²) in [7, 11) is 4.65. The molecule has 118 valence electrons.